The van der Waals surface area contributed by atoms with Crippen LogP contribution in [-0.2, 0) is 14.3 Å². The van der Waals surface area contributed by atoms with Crippen molar-refractivity contribution >= 4 is 6.29 Å². The van der Waals surface area contributed by atoms with Gasteiger partial charge in [-0.05, 0) is 40.5 Å². The van der Waals surface area contributed by atoms with E-state index < -0.39 is 0 Å². The number of carbonyl (C=O) groups is 1. The van der Waals surface area contributed by atoms with Gasteiger partial charge < -0.3 is 14.3 Å². The van der Waals surface area contributed by atoms with Gasteiger partial charge in [0.25, 0.3) is 0 Å². The molecular weight excluding hydrogens is 216 g/mol. The van der Waals surface area contributed by atoms with Crippen LogP contribution in [0.4, 0.5) is 0 Å². The third-order valence-electron chi connectivity index (χ3n) is 2.78. The maximum absolute atomic E-state index is 10.2. The van der Waals surface area contributed by atoms with E-state index in [-0.39, 0.29) is 11.2 Å². The zero-order valence-corrected chi connectivity index (χ0v) is 12.0. The molecule has 0 saturated carbocycles. The fraction of sp³-hybridized carbons (Fsp3) is 0.929. The van der Waals surface area contributed by atoms with Gasteiger partial charge in [-0.3, -0.25) is 0 Å². The number of ether oxygens (including phenoxy) is 2. The molecule has 0 aromatic rings. The monoisotopic (exact) mass is 244 g/mol. The summed E-state index contributed by atoms with van der Waals surface area (Å²) in [7, 11) is 0. The Labute approximate surface area is 106 Å². The lowest BCUT2D eigenvalue weighted by molar-refractivity contribution is -0.111. The van der Waals surface area contributed by atoms with Crippen molar-refractivity contribution in [2.24, 2.45) is 0 Å². The van der Waals surface area contributed by atoms with Crippen LogP contribution in [0.5, 0.6) is 0 Å². The Morgan fingerprint density at radius 1 is 0.941 bits per heavy atom. The van der Waals surface area contributed by atoms with Gasteiger partial charge in [0.05, 0.1) is 24.4 Å². The summed E-state index contributed by atoms with van der Waals surface area (Å²) in [4.78, 5) is 10.2. The van der Waals surface area contributed by atoms with Crippen LogP contribution in [0, 0.1) is 0 Å². The maximum atomic E-state index is 10.2. The van der Waals surface area contributed by atoms with E-state index in [1.165, 1.54) is 0 Å². The van der Waals surface area contributed by atoms with Crippen molar-refractivity contribution in [3.05, 3.63) is 0 Å². The second-order valence-electron chi connectivity index (χ2n) is 5.67. The first-order valence-electron chi connectivity index (χ1n) is 6.54. The number of carbonyl (C=O) groups excluding carboxylic acids is 1. The molecule has 17 heavy (non-hydrogen) atoms. The average molecular weight is 244 g/mol. The van der Waals surface area contributed by atoms with Crippen LogP contribution in [0.1, 0.15) is 60.3 Å². The number of hydrogen-bond donors (Lipinski definition) is 0. The van der Waals surface area contributed by atoms with Crippen molar-refractivity contribution in [1.29, 1.82) is 0 Å². The van der Waals surface area contributed by atoms with E-state index in [1.54, 1.807) is 0 Å². The lowest BCUT2D eigenvalue weighted by Gasteiger charge is -2.29. The number of aldehydes is 1. The Hall–Kier alpha value is -0.410. The van der Waals surface area contributed by atoms with Crippen molar-refractivity contribution in [2.45, 2.75) is 71.5 Å². The minimum Gasteiger partial charge on any atom is -0.375 e. The molecule has 0 radical (unpaired) electrons. The highest BCUT2D eigenvalue weighted by molar-refractivity contribution is 5.49. The molecule has 0 spiro atoms. The maximum Gasteiger partial charge on any atom is 0.122 e. The Balaban J connectivity index is 3.81. The predicted octanol–water partition coefficient (Wildman–Crippen LogP) is 3.36. The third kappa shape index (κ3) is 9.31. The summed E-state index contributed by atoms with van der Waals surface area (Å²) in [6.07, 6.45) is 4.40. The Morgan fingerprint density at radius 3 is 2.00 bits per heavy atom. The van der Waals surface area contributed by atoms with E-state index in [9.17, 15) is 4.79 Å². The summed E-state index contributed by atoms with van der Waals surface area (Å²) >= 11 is 0. The van der Waals surface area contributed by atoms with Crippen molar-refractivity contribution in [1.82, 2.24) is 0 Å². The first-order valence-corrected chi connectivity index (χ1v) is 6.54. The molecule has 3 nitrogen and oxygen atoms in total. The summed E-state index contributed by atoms with van der Waals surface area (Å²) in [6, 6.07) is 0. The molecule has 3 heteroatoms. The van der Waals surface area contributed by atoms with Gasteiger partial charge in [0.1, 0.15) is 6.29 Å². The van der Waals surface area contributed by atoms with Crippen LogP contribution >= 0.6 is 0 Å². The molecule has 0 aliphatic heterocycles. The molecule has 0 atom stereocenters. The van der Waals surface area contributed by atoms with Crippen molar-refractivity contribution in [2.75, 3.05) is 13.2 Å². The normalized spacial score (nSPS) is 12.8. The highest BCUT2D eigenvalue weighted by Gasteiger charge is 2.21. The van der Waals surface area contributed by atoms with Crippen LogP contribution < -0.4 is 0 Å². The molecule has 0 unspecified atom stereocenters. The molecule has 0 amide bonds. The van der Waals surface area contributed by atoms with E-state index >= 15 is 0 Å². The van der Waals surface area contributed by atoms with Crippen LogP contribution in [0.15, 0.2) is 0 Å². The topological polar surface area (TPSA) is 35.5 Å². The highest BCUT2D eigenvalue weighted by atomic mass is 16.5. The first kappa shape index (κ1) is 16.6. The molecule has 0 aliphatic carbocycles. The fourth-order valence-electron chi connectivity index (χ4n) is 1.70. The molecule has 0 aromatic heterocycles. The van der Waals surface area contributed by atoms with Crippen LogP contribution in [0.2, 0.25) is 0 Å². The zero-order valence-electron chi connectivity index (χ0n) is 12.0. The molecule has 0 fully saturated rings. The minimum absolute atomic E-state index is 0.0480. The minimum atomic E-state index is -0.217. The molecule has 0 bridgehead atoms. The van der Waals surface area contributed by atoms with Gasteiger partial charge in [-0.1, -0.05) is 13.3 Å². The summed E-state index contributed by atoms with van der Waals surface area (Å²) in [5.74, 6) is 0. The van der Waals surface area contributed by atoms with Crippen LogP contribution in [0.25, 0.3) is 0 Å². The quantitative estimate of drug-likeness (QED) is 0.436. The Kier molecular flexibility index (Phi) is 7.64. The fourth-order valence-corrected chi connectivity index (χ4v) is 1.70. The van der Waals surface area contributed by atoms with Gasteiger partial charge >= 0.3 is 0 Å². The van der Waals surface area contributed by atoms with Gasteiger partial charge in [-0.2, -0.15) is 0 Å². The standard InChI is InChI=1S/C14H28O3/c1-6-8-13(2,3)17-12-9-14(4,5)16-11-7-10-15/h10H,6-9,11-12H2,1-5H3. The highest BCUT2D eigenvalue weighted by Crippen LogP contribution is 2.20. The van der Waals surface area contributed by atoms with Crippen LogP contribution in [-0.4, -0.2) is 30.7 Å². The zero-order chi connectivity index (χ0) is 13.4. The van der Waals surface area contributed by atoms with Gasteiger partial charge in [-0.15, -0.1) is 0 Å². The van der Waals surface area contributed by atoms with Gasteiger partial charge in [-0.25, -0.2) is 0 Å². The first-order chi connectivity index (χ1) is 7.83. The van der Waals surface area contributed by atoms with Gasteiger partial charge in [0, 0.05) is 6.42 Å². The van der Waals surface area contributed by atoms with E-state index in [0.717, 1.165) is 25.5 Å². The van der Waals surface area contributed by atoms with E-state index in [1.807, 2.05) is 13.8 Å². The molecular formula is C14H28O3. The molecule has 102 valence electrons. The second-order valence-corrected chi connectivity index (χ2v) is 5.67. The van der Waals surface area contributed by atoms with Crippen molar-refractivity contribution in [3.8, 4) is 0 Å². The SMILES string of the molecule is CCCC(C)(C)OCCC(C)(C)OCCC=O. The predicted molar refractivity (Wildman–Crippen MR) is 70.3 cm³/mol. The van der Waals surface area contributed by atoms with Crippen molar-refractivity contribution in [3.63, 3.8) is 0 Å². The van der Waals surface area contributed by atoms with Crippen LogP contribution in [0.3, 0.4) is 0 Å². The number of hydrogen-bond acceptors (Lipinski definition) is 3. The lowest BCUT2D eigenvalue weighted by atomic mass is 10.0. The lowest BCUT2D eigenvalue weighted by Crippen LogP contribution is -2.31. The molecule has 0 saturated heterocycles. The average Bonchev–Trinajstić information content (AvgIpc) is 2.16. The summed E-state index contributed by atoms with van der Waals surface area (Å²) in [5.41, 5.74) is -0.265. The largest absolute Gasteiger partial charge is 0.375 e. The molecule has 0 aliphatic rings. The molecule has 0 heterocycles. The third-order valence-corrected chi connectivity index (χ3v) is 2.78. The second kappa shape index (κ2) is 7.83. The molecule has 0 N–H and O–H groups in total. The Morgan fingerprint density at radius 2 is 1.47 bits per heavy atom. The summed E-state index contributed by atoms with van der Waals surface area (Å²) < 4.78 is 11.5. The van der Waals surface area contributed by atoms with E-state index in [0.29, 0.717) is 19.6 Å². The van der Waals surface area contributed by atoms with E-state index in [2.05, 4.69) is 20.8 Å². The smallest absolute Gasteiger partial charge is 0.122 e. The molecule has 0 rings (SSSR count). The van der Waals surface area contributed by atoms with Gasteiger partial charge in [0.2, 0.25) is 0 Å². The summed E-state index contributed by atoms with van der Waals surface area (Å²) in [5, 5.41) is 0. The van der Waals surface area contributed by atoms with E-state index in [4.69, 9.17) is 9.47 Å². The summed E-state index contributed by atoms with van der Waals surface area (Å²) in [6.45, 7) is 11.7. The number of rotatable bonds is 10. The van der Waals surface area contributed by atoms with Gasteiger partial charge in [0.15, 0.2) is 0 Å². The molecule has 0 aromatic carbocycles. The van der Waals surface area contributed by atoms with Crippen molar-refractivity contribution < 1.29 is 14.3 Å². The Bertz CT molecular complexity index is 210.